The van der Waals surface area contributed by atoms with E-state index in [4.69, 9.17) is 13.9 Å². The summed E-state index contributed by atoms with van der Waals surface area (Å²) in [5.74, 6) is 0.461. The number of esters is 1. The molecule has 0 amide bonds. The molecule has 0 bridgehead atoms. The van der Waals surface area contributed by atoms with Crippen LogP contribution in [0.1, 0.15) is 34.7 Å². The second-order valence-electron chi connectivity index (χ2n) is 4.93. The van der Waals surface area contributed by atoms with E-state index in [0.717, 1.165) is 5.56 Å². The maximum atomic E-state index is 12.3. The van der Waals surface area contributed by atoms with Crippen LogP contribution in [-0.2, 0) is 9.47 Å². The van der Waals surface area contributed by atoms with Crippen molar-refractivity contribution < 1.29 is 18.7 Å². The Kier molecular flexibility index (Phi) is 5.25. The van der Waals surface area contributed by atoms with E-state index in [-0.39, 0.29) is 21.3 Å². The number of furan rings is 1. The molecule has 0 spiro atoms. The molecule has 0 fully saturated rings. The first-order chi connectivity index (χ1) is 11.7. The molecule has 6 nitrogen and oxygen atoms in total. The molecular weight excluding hydrogens is 375 g/mol. The van der Waals surface area contributed by atoms with Crippen LogP contribution in [0.2, 0.25) is 0 Å². The monoisotopic (exact) mass is 392 g/mol. The third-order valence-electron chi connectivity index (χ3n) is 3.44. The zero-order valence-electron chi connectivity index (χ0n) is 13.3. The second-order valence-corrected chi connectivity index (χ2v) is 6.21. The molecule has 0 aliphatic rings. The molecule has 0 aliphatic heterocycles. The molecule has 2 heterocycles. The zero-order chi connectivity index (χ0) is 16.9. The molecule has 124 valence electrons. The van der Waals surface area contributed by atoms with Gasteiger partial charge in [-0.15, -0.1) is 0 Å². The number of aromatic nitrogens is 2. The van der Waals surface area contributed by atoms with E-state index < -0.39 is 12.1 Å². The third kappa shape index (κ3) is 3.33. The number of carbonyl (C=O) groups excluding carboxylic acids is 1. The van der Waals surface area contributed by atoms with E-state index in [0.29, 0.717) is 22.8 Å². The van der Waals surface area contributed by atoms with Gasteiger partial charge in [0.2, 0.25) is 0 Å². The Bertz CT molecular complexity index is 799. The summed E-state index contributed by atoms with van der Waals surface area (Å²) in [6, 6.07) is 11.2. The quantitative estimate of drug-likeness (QED) is 0.475. The molecule has 0 aliphatic carbocycles. The zero-order valence-corrected chi connectivity index (χ0v) is 15.0. The number of hydrogen-bond acceptors (Lipinski definition) is 6. The van der Waals surface area contributed by atoms with Gasteiger partial charge in [-0.1, -0.05) is 0 Å². The van der Waals surface area contributed by atoms with E-state index in [9.17, 15) is 4.79 Å². The Morgan fingerprint density at radius 1 is 1.33 bits per heavy atom. The summed E-state index contributed by atoms with van der Waals surface area (Å²) in [5.41, 5.74) is 1.87. The predicted molar refractivity (Wildman–Crippen MR) is 87.9 cm³/mol. The SMILES string of the molecule is CCOC(=O)c1cc(-c2c[se]nn2)oc1C(OC)c1ccccc1. The molecule has 0 saturated carbocycles. The van der Waals surface area contributed by atoms with Crippen molar-refractivity contribution in [1.82, 2.24) is 9.19 Å². The first kappa shape index (κ1) is 16.6. The van der Waals surface area contributed by atoms with Crippen molar-refractivity contribution in [3.63, 3.8) is 0 Å². The van der Waals surface area contributed by atoms with Crippen LogP contribution in [0.5, 0.6) is 0 Å². The van der Waals surface area contributed by atoms with Crippen LogP contribution in [0.4, 0.5) is 0 Å². The first-order valence-corrected chi connectivity index (χ1v) is 9.16. The van der Waals surface area contributed by atoms with Crippen LogP contribution in [0.15, 0.2) is 45.8 Å². The van der Waals surface area contributed by atoms with Crippen molar-refractivity contribution >= 4 is 20.7 Å². The van der Waals surface area contributed by atoms with Gasteiger partial charge in [0.1, 0.15) is 0 Å². The summed E-state index contributed by atoms with van der Waals surface area (Å²) in [5, 5.41) is 4.05. The van der Waals surface area contributed by atoms with Crippen molar-refractivity contribution in [1.29, 1.82) is 0 Å². The van der Waals surface area contributed by atoms with E-state index in [1.807, 2.05) is 35.3 Å². The van der Waals surface area contributed by atoms with Gasteiger partial charge >= 0.3 is 145 Å². The summed E-state index contributed by atoms with van der Waals surface area (Å²) < 4.78 is 20.7. The Morgan fingerprint density at radius 2 is 2.12 bits per heavy atom. The fourth-order valence-corrected chi connectivity index (χ4v) is 3.32. The van der Waals surface area contributed by atoms with Crippen molar-refractivity contribution in [2.75, 3.05) is 13.7 Å². The van der Waals surface area contributed by atoms with Crippen LogP contribution in [0.25, 0.3) is 11.5 Å². The number of rotatable bonds is 6. The van der Waals surface area contributed by atoms with Gasteiger partial charge in [0.05, 0.1) is 0 Å². The Balaban J connectivity index is 2.08. The van der Waals surface area contributed by atoms with Crippen molar-refractivity contribution in [2.24, 2.45) is 0 Å². The molecular formula is C17H16N2O4Se. The molecule has 1 atom stereocenters. The van der Waals surface area contributed by atoms with Crippen LogP contribution in [0.3, 0.4) is 0 Å². The van der Waals surface area contributed by atoms with Gasteiger partial charge in [0, 0.05) is 0 Å². The summed E-state index contributed by atoms with van der Waals surface area (Å²) in [4.78, 5) is 14.2. The standard InChI is InChI=1S/C17H16N2O4Se/c1-3-22-17(20)12-9-14(13-10-24-19-18-13)23-16(12)15(21-2)11-7-5-4-6-8-11/h4-10,15H,3H2,1-2H3. The topological polar surface area (TPSA) is 74.5 Å². The van der Waals surface area contributed by atoms with Crippen LogP contribution >= 0.6 is 0 Å². The fraction of sp³-hybridized carbons (Fsp3) is 0.235. The summed E-state index contributed by atoms with van der Waals surface area (Å²) in [7, 11) is 1.58. The van der Waals surface area contributed by atoms with E-state index >= 15 is 0 Å². The normalized spacial score (nSPS) is 12.1. The minimum absolute atomic E-state index is 0.0214. The molecule has 0 saturated heterocycles. The van der Waals surface area contributed by atoms with Crippen LogP contribution in [-0.4, -0.2) is 43.6 Å². The van der Waals surface area contributed by atoms with E-state index in [1.165, 1.54) is 0 Å². The Morgan fingerprint density at radius 3 is 2.75 bits per heavy atom. The number of carbonyl (C=O) groups is 1. The molecule has 1 aromatic carbocycles. The van der Waals surface area contributed by atoms with Gasteiger partial charge in [0.25, 0.3) is 0 Å². The molecule has 0 radical (unpaired) electrons. The molecule has 2 aromatic heterocycles. The molecule has 3 rings (SSSR count). The van der Waals surface area contributed by atoms with Crippen LogP contribution in [0, 0.1) is 0 Å². The van der Waals surface area contributed by atoms with Gasteiger partial charge in [-0.2, -0.15) is 0 Å². The van der Waals surface area contributed by atoms with Crippen LogP contribution < -0.4 is 0 Å². The van der Waals surface area contributed by atoms with Gasteiger partial charge in [0.15, 0.2) is 0 Å². The van der Waals surface area contributed by atoms with Gasteiger partial charge in [-0.05, 0) is 0 Å². The summed E-state index contributed by atoms with van der Waals surface area (Å²) >= 11 is -0.0214. The molecule has 1 unspecified atom stereocenters. The number of benzene rings is 1. The average Bonchev–Trinajstić information content (AvgIpc) is 3.26. The fourth-order valence-electron chi connectivity index (χ4n) is 2.39. The molecule has 3 aromatic rings. The van der Waals surface area contributed by atoms with Crippen molar-refractivity contribution in [3.05, 3.63) is 58.2 Å². The second kappa shape index (κ2) is 7.57. The predicted octanol–water partition coefficient (Wildman–Crippen LogP) is 2.71. The summed E-state index contributed by atoms with van der Waals surface area (Å²) in [6.07, 6.45) is -0.510. The maximum absolute atomic E-state index is 12.3. The minimum atomic E-state index is -0.510. The number of ether oxygens (including phenoxy) is 2. The number of methoxy groups -OCH3 is 1. The molecule has 7 heteroatoms. The first-order valence-electron chi connectivity index (χ1n) is 7.40. The van der Waals surface area contributed by atoms with Crippen molar-refractivity contribution in [3.8, 4) is 11.5 Å². The molecule has 0 N–H and O–H groups in total. The van der Waals surface area contributed by atoms with Crippen molar-refractivity contribution in [2.45, 2.75) is 13.0 Å². The average molecular weight is 391 g/mol. The number of hydrogen-bond donors (Lipinski definition) is 0. The molecule has 24 heavy (non-hydrogen) atoms. The Hall–Kier alpha value is -2.21. The summed E-state index contributed by atoms with van der Waals surface area (Å²) in [6.45, 7) is 2.05. The number of nitrogens with zero attached hydrogens (tertiary/aromatic N) is 2. The van der Waals surface area contributed by atoms with Gasteiger partial charge < -0.3 is 0 Å². The Labute approximate surface area is 145 Å². The van der Waals surface area contributed by atoms with Gasteiger partial charge in [-0.3, -0.25) is 0 Å². The van der Waals surface area contributed by atoms with E-state index in [1.54, 1.807) is 20.1 Å². The third-order valence-corrected chi connectivity index (χ3v) is 4.50. The van der Waals surface area contributed by atoms with Gasteiger partial charge in [-0.25, -0.2) is 0 Å². The van der Waals surface area contributed by atoms with E-state index in [2.05, 4.69) is 9.19 Å².